The van der Waals surface area contributed by atoms with E-state index in [-0.39, 0.29) is 143 Å². The SMILES string of the molecule is CC(C)c1cc(=O)[nH]c(NC(=O)NCCCCCCNC(=O)Nc2ccc(C=C(C(=O)OCC(C)(C)C)C(=O)OCC(C)(C)C)cc2)n1.CCC(C)COC(=O)/C(=C/c1ccc(NC(=O)NCCCCCCNC(=O)Nc2nc(C)cc(=O)[nH]2)cc1)C(=O)OCC(C)C.Cc1cc(=O)[nH]c(NC(=O)Nc2ccc(C=C(C(=O)OCC(C)C)C(=O)OCC(C)C)cc2)n1. The van der Waals surface area contributed by atoms with Crippen LogP contribution in [-0.2, 0) is 57.2 Å². The van der Waals surface area contributed by atoms with Gasteiger partial charge in [-0.3, -0.25) is 45.3 Å². The number of nitrogens with zero attached hydrogens (tertiary/aromatic N) is 3. The minimum atomic E-state index is -0.760. The van der Waals surface area contributed by atoms with E-state index >= 15 is 0 Å². The standard InChI is InChI=1S/C35H52N6O7.C32H46N6O7.C24H30N4O6/c1-23(2)27-20-28(42)40-31(39-27)41-33(46)37-18-12-10-9-11-17-36-32(45)38-25-15-13-24(14-16-25)19-26(29(43)47-21-34(3,4)5)30(44)48-22-35(6,7)8;1-6-22(4)20-45-29(41)26(28(40)44-19-21(2)3)18-24-11-13-25(14-12-24)36-31(42)33-15-9-7-8-10-16-34-32(43)38-30-35-23(5)17-27(39)37-30;1-14(2)12-33-21(30)19(22(31)34-13-15(3)4)11-17-6-8-18(9-7-17)26-24(32)28-23-25-16(5)10-20(29)27-23/h13-16,19-20,23H,9-12,17-18,21-22H2,1-8H3,(H2,36,38,45)(H3,37,39,40,41,42,46);11-14,17-18,21-22H,6-10,15-16,19-20H2,1-5H3,(H2,33,36,42)(H3,34,35,37,38,39,43);6-11,14-15H,12-13H2,1-5H3,(H3,25,26,27,28,29,32)/b;26-18+;. The number of carbonyl (C=O) groups is 11. The highest BCUT2D eigenvalue weighted by Gasteiger charge is 2.28. The van der Waals surface area contributed by atoms with E-state index in [1.807, 2.05) is 111 Å². The summed E-state index contributed by atoms with van der Waals surface area (Å²) >= 11 is 0. The zero-order chi connectivity index (χ0) is 94.3. The van der Waals surface area contributed by atoms with Crippen molar-refractivity contribution in [1.29, 1.82) is 0 Å². The summed E-state index contributed by atoms with van der Waals surface area (Å²) in [6, 6.07) is 21.6. The molecule has 3 heterocycles. The maximum Gasteiger partial charge on any atom is 0.345 e. The fraction of sp³-hybridized carbons (Fsp3) is 0.484. The smallest absolute Gasteiger partial charge is 0.345 e. The van der Waals surface area contributed by atoms with Crippen LogP contribution >= 0.6 is 0 Å². The Morgan fingerprint density at radius 1 is 0.354 bits per heavy atom. The molecule has 1 unspecified atom stereocenters. The summed E-state index contributed by atoms with van der Waals surface area (Å²) in [5, 5.41) is 26.7. The molecule has 10 amide bonds. The Labute approximate surface area is 741 Å². The largest absolute Gasteiger partial charge is 0.462 e. The fourth-order valence-electron chi connectivity index (χ4n) is 10.2. The van der Waals surface area contributed by atoms with E-state index in [9.17, 15) is 67.1 Å². The maximum atomic E-state index is 12.8. The molecule has 0 saturated heterocycles. The second-order valence-corrected chi connectivity index (χ2v) is 34.0. The maximum absolute atomic E-state index is 12.8. The molecule has 3 aromatic heterocycles. The molecule has 692 valence electrons. The van der Waals surface area contributed by atoms with Crippen molar-refractivity contribution in [2.75, 3.05) is 97.7 Å². The zero-order valence-electron chi connectivity index (χ0n) is 76.2. The van der Waals surface area contributed by atoms with Gasteiger partial charge in [0.1, 0.15) is 16.7 Å². The molecule has 3 aromatic carbocycles. The van der Waals surface area contributed by atoms with Crippen molar-refractivity contribution in [2.24, 2.45) is 34.5 Å². The van der Waals surface area contributed by atoms with E-state index in [1.54, 1.807) is 86.6 Å². The molecule has 0 aliphatic heterocycles. The highest BCUT2D eigenvalue weighted by atomic mass is 16.6. The molecule has 0 aliphatic carbocycles. The summed E-state index contributed by atoms with van der Waals surface area (Å²) < 4.78 is 31.8. The number of anilines is 6. The molecular weight excluding hydrogens is 1640 g/mol. The van der Waals surface area contributed by atoms with Crippen molar-refractivity contribution < 1.29 is 81.2 Å². The number of unbranched alkanes of at least 4 members (excludes halogenated alkanes) is 6. The van der Waals surface area contributed by atoms with Crippen LogP contribution in [0, 0.1) is 48.3 Å². The monoisotopic (exact) mass is 1760 g/mol. The van der Waals surface area contributed by atoms with E-state index < -0.39 is 53.9 Å². The van der Waals surface area contributed by atoms with Crippen molar-refractivity contribution in [2.45, 2.75) is 188 Å². The number of urea groups is 5. The van der Waals surface area contributed by atoms with Gasteiger partial charge in [0.05, 0.1) is 45.3 Å². The van der Waals surface area contributed by atoms with Crippen LogP contribution in [0.3, 0.4) is 0 Å². The highest BCUT2D eigenvalue weighted by Crippen LogP contribution is 2.23. The number of esters is 6. The topological polar surface area (TPSA) is 501 Å². The summed E-state index contributed by atoms with van der Waals surface area (Å²) in [6.07, 6.45) is 11.5. The summed E-state index contributed by atoms with van der Waals surface area (Å²) in [7, 11) is 0. The van der Waals surface area contributed by atoms with E-state index in [0.717, 1.165) is 57.8 Å². The third-order valence-corrected chi connectivity index (χ3v) is 17.0. The van der Waals surface area contributed by atoms with Crippen molar-refractivity contribution in [1.82, 2.24) is 51.2 Å². The van der Waals surface area contributed by atoms with Crippen LogP contribution in [0.5, 0.6) is 0 Å². The van der Waals surface area contributed by atoms with Crippen LogP contribution in [0.2, 0.25) is 0 Å². The molecule has 0 bridgehead atoms. The number of amides is 10. The predicted molar refractivity (Wildman–Crippen MR) is 488 cm³/mol. The molecule has 6 aromatic rings. The van der Waals surface area contributed by atoms with E-state index in [2.05, 4.69) is 83.1 Å². The van der Waals surface area contributed by atoms with Gasteiger partial charge < -0.3 is 65.6 Å². The number of aromatic amines is 3. The molecule has 1 atom stereocenters. The van der Waals surface area contributed by atoms with Crippen molar-refractivity contribution in [3.8, 4) is 0 Å². The normalized spacial score (nSPS) is 11.3. The van der Waals surface area contributed by atoms with Crippen LogP contribution in [0.25, 0.3) is 18.2 Å². The first kappa shape index (κ1) is 106. The van der Waals surface area contributed by atoms with Gasteiger partial charge in [-0.1, -0.05) is 179 Å². The summed E-state index contributed by atoms with van der Waals surface area (Å²) in [4.78, 5) is 191. The zero-order valence-corrected chi connectivity index (χ0v) is 76.2. The number of H-pyrrole nitrogens is 3. The average Bonchev–Trinajstić information content (AvgIpc) is 0.927. The third-order valence-electron chi connectivity index (χ3n) is 17.0. The lowest BCUT2D eigenvalue weighted by Gasteiger charge is -2.20. The molecule has 127 heavy (non-hydrogen) atoms. The van der Waals surface area contributed by atoms with Crippen LogP contribution in [-0.4, -0.2) is 162 Å². The van der Waals surface area contributed by atoms with Gasteiger partial charge in [-0.05, 0) is 151 Å². The number of carbonyl (C=O) groups excluding carboxylic acids is 11. The van der Waals surface area contributed by atoms with Gasteiger partial charge in [0, 0.05) is 72.8 Å². The Morgan fingerprint density at radius 3 is 0.906 bits per heavy atom. The highest BCUT2D eigenvalue weighted by molar-refractivity contribution is 6.19. The summed E-state index contributed by atoms with van der Waals surface area (Å²) in [5.74, 6) is -3.73. The van der Waals surface area contributed by atoms with Crippen molar-refractivity contribution >= 4 is 119 Å². The molecule has 0 radical (unpaired) electrons. The Morgan fingerprint density at radius 2 is 0.622 bits per heavy atom. The second-order valence-electron chi connectivity index (χ2n) is 34.0. The number of hydrogen-bond acceptors (Lipinski definition) is 23. The van der Waals surface area contributed by atoms with E-state index in [0.29, 0.717) is 77.0 Å². The van der Waals surface area contributed by atoms with Gasteiger partial charge in [-0.25, -0.2) is 67.7 Å². The lowest BCUT2D eigenvalue weighted by Crippen LogP contribution is -2.31. The number of aryl methyl sites for hydroxylation is 2. The summed E-state index contributed by atoms with van der Waals surface area (Å²) in [6.45, 7) is 36.9. The molecule has 13 N–H and O–H groups in total. The van der Waals surface area contributed by atoms with Crippen LogP contribution in [0.15, 0.2) is 122 Å². The van der Waals surface area contributed by atoms with Gasteiger partial charge in [0.15, 0.2) is 0 Å². The fourth-order valence-corrected chi connectivity index (χ4v) is 10.2. The Balaban J connectivity index is 0.000000405. The Kier molecular flexibility index (Phi) is 46.0. The minimum absolute atomic E-state index is 0.0199. The lowest BCUT2D eigenvalue weighted by atomic mass is 9.98. The molecular formula is C91H128N16O20. The molecule has 0 spiro atoms. The van der Waals surface area contributed by atoms with Gasteiger partial charge in [-0.15, -0.1) is 0 Å². The van der Waals surface area contributed by atoms with Crippen LogP contribution < -0.4 is 69.8 Å². The molecule has 6 rings (SSSR count). The predicted octanol–water partition coefficient (Wildman–Crippen LogP) is 14.2. The van der Waals surface area contributed by atoms with Gasteiger partial charge in [0.25, 0.3) is 16.7 Å². The molecule has 0 saturated carbocycles. The van der Waals surface area contributed by atoms with E-state index in [1.165, 1.54) is 36.4 Å². The third kappa shape index (κ3) is 46.3. The minimum Gasteiger partial charge on any atom is -0.462 e. The molecule has 0 fully saturated rings. The van der Waals surface area contributed by atoms with E-state index in [4.69, 9.17) is 28.4 Å². The number of aromatic nitrogens is 6. The molecule has 36 heteroatoms. The average molecular weight is 1770 g/mol. The quantitative estimate of drug-likeness (QED) is 0.00423. The van der Waals surface area contributed by atoms with Crippen molar-refractivity contribution in [3.05, 3.63) is 173 Å². The first-order valence-electron chi connectivity index (χ1n) is 42.4. The Bertz CT molecular complexity index is 4830. The number of rotatable bonds is 41. The first-order chi connectivity index (χ1) is 59.9. The number of ether oxygens (including phenoxy) is 6. The lowest BCUT2D eigenvalue weighted by molar-refractivity contribution is -0.151. The second kappa shape index (κ2) is 55.1. The number of nitrogens with one attached hydrogen (secondary N) is 13. The molecule has 36 nitrogen and oxygen atoms in total. The van der Waals surface area contributed by atoms with Crippen LogP contribution in [0.4, 0.5) is 58.9 Å². The summed E-state index contributed by atoms with van der Waals surface area (Å²) in [5.41, 5.74) is 2.57. The van der Waals surface area contributed by atoms with Gasteiger partial charge in [-0.2, -0.15) is 0 Å². The number of hydrogen-bond donors (Lipinski definition) is 13. The van der Waals surface area contributed by atoms with Crippen LogP contribution in [0.1, 0.15) is 208 Å². The van der Waals surface area contributed by atoms with Gasteiger partial charge in [0.2, 0.25) is 17.8 Å². The van der Waals surface area contributed by atoms with Gasteiger partial charge >= 0.3 is 66.0 Å². The first-order valence-corrected chi connectivity index (χ1v) is 42.4. The molecule has 0 aliphatic rings. The Hall–Kier alpha value is -13.3. The van der Waals surface area contributed by atoms with Crippen molar-refractivity contribution in [3.63, 3.8) is 0 Å². The number of benzene rings is 3.